The quantitative estimate of drug-likeness (QED) is 0.635. The number of pyridine rings is 1. The molecule has 3 atom stereocenters. The van der Waals surface area contributed by atoms with Crippen molar-refractivity contribution in [3.05, 3.63) is 69.7 Å². The summed E-state index contributed by atoms with van der Waals surface area (Å²) in [6, 6.07) is 6.32. The number of halogens is 3. The molecule has 1 aliphatic carbocycles. The minimum atomic E-state index is -0.836. The van der Waals surface area contributed by atoms with Gasteiger partial charge in [-0.1, -0.05) is 41.4 Å². The van der Waals surface area contributed by atoms with Crippen molar-refractivity contribution in [3.8, 4) is 0 Å². The highest BCUT2D eigenvalue weighted by Gasteiger charge is 2.41. The average molecular weight is 478 g/mol. The number of hydrogen-bond acceptors (Lipinski definition) is 5. The maximum absolute atomic E-state index is 13.3. The van der Waals surface area contributed by atoms with Gasteiger partial charge >= 0.3 is 0 Å². The smallest absolute Gasteiger partial charge is 0.296 e. The monoisotopic (exact) mass is 477 g/mol. The van der Waals surface area contributed by atoms with Crippen LogP contribution in [-0.2, 0) is 16.1 Å². The maximum atomic E-state index is 13.3. The first-order valence-electron chi connectivity index (χ1n) is 10.3. The highest BCUT2D eigenvalue weighted by Crippen LogP contribution is 2.38. The van der Waals surface area contributed by atoms with Crippen molar-refractivity contribution >= 4 is 40.6 Å². The van der Waals surface area contributed by atoms with Crippen LogP contribution in [0.3, 0.4) is 0 Å². The molecule has 1 aromatic carbocycles. The van der Waals surface area contributed by atoms with Gasteiger partial charge < -0.3 is 10.4 Å². The summed E-state index contributed by atoms with van der Waals surface area (Å²) in [4.78, 5) is 31.8. The molecule has 1 amide bonds. The molecule has 0 radical (unpaired) electrons. The van der Waals surface area contributed by atoms with Crippen molar-refractivity contribution in [2.45, 2.75) is 38.0 Å². The van der Waals surface area contributed by atoms with Gasteiger partial charge in [-0.2, -0.15) is 0 Å². The van der Waals surface area contributed by atoms with E-state index in [0.717, 1.165) is 5.56 Å². The van der Waals surface area contributed by atoms with Crippen molar-refractivity contribution in [1.29, 1.82) is 0 Å². The zero-order valence-corrected chi connectivity index (χ0v) is 18.6. The molecule has 4 rings (SSSR count). The summed E-state index contributed by atoms with van der Waals surface area (Å²) in [5.41, 5.74) is 1.48. The van der Waals surface area contributed by atoms with E-state index in [-0.39, 0.29) is 33.5 Å². The standard InChI is InChI=1S/C23H22Cl2FN3O3/c24-18-10-27-11-19(25)21(18)28-23(32)22(31)16-7-8-29(12-13-1-3-14(26)4-2-13)20-6-5-15(30)9-17(16)20/h1-4,7,10-11,15,17,20,30H,5-6,8-9,12H2,(H,27,28,32). The summed E-state index contributed by atoms with van der Waals surface area (Å²) in [6.45, 7) is 1.06. The van der Waals surface area contributed by atoms with Crippen LogP contribution in [0, 0.1) is 11.7 Å². The molecular weight excluding hydrogens is 456 g/mol. The average Bonchev–Trinajstić information content (AvgIpc) is 2.77. The van der Waals surface area contributed by atoms with Crippen LogP contribution < -0.4 is 5.32 Å². The van der Waals surface area contributed by atoms with Gasteiger partial charge in [-0.05, 0) is 37.0 Å². The fourth-order valence-corrected chi connectivity index (χ4v) is 4.96. The number of carbonyl (C=O) groups excluding carboxylic acids is 2. The molecule has 0 saturated heterocycles. The normalized spacial score (nSPS) is 23.2. The Morgan fingerprint density at radius 3 is 2.53 bits per heavy atom. The van der Waals surface area contributed by atoms with E-state index in [1.165, 1.54) is 24.5 Å². The number of anilines is 1. The lowest BCUT2D eigenvalue weighted by atomic mass is 9.74. The Morgan fingerprint density at radius 1 is 1.16 bits per heavy atom. The number of amides is 1. The Labute approximate surface area is 195 Å². The predicted molar refractivity (Wildman–Crippen MR) is 120 cm³/mol. The van der Waals surface area contributed by atoms with Crippen LogP contribution in [0.4, 0.5) is 10.1 Å². The first-order chi connectivity index (χ1) is 15.3. The van der Waals surface area contributed by atoms with E-state index in [4.69, 9.17) is 23.2 Å². The maximum Gasteiger partial charge on any atom is 0.296 e. The van der Waals surface area contributed by atoms with E-state index in [9.17, 15) is 19.1 Å². The number of aliphatic hydroxyl groups excluding tert-OH is 1. The lowest BCUT2D eigenvalue weighted by Crippen LogP contribution is -2.50. The third kappa shape index (κ3) is 4.86. The largest absolute Gasteiger partial charge is 0.393 e. The van der Waals surface area contributed by atoms with Gasteiger partial charge in [0.15, 0.2) is 0 Å². The van der Waals surface area contributed by atoms with Crippen molar-refractivity contribution in [3.63, 3.8) is 0 Å². The minimum absolute atomic E-state index is 0.00620. The van der Waals surface area contributed by atoms with Crippen LogP contribution in [0.5, 0.6) is 0 Å². The highest BCUT2D eigenvalue weighted by molar-refractivity contribution is 6.48. The third-order valence-corrected chi connectivity index (χ3v) is 6.63. The zero-order chi connectivity index (χ0) is 22.8. The van der Waals surface area contributed by atoms with E-state index in [0.29, 0.717) is 37.9 Å². The number of carbonyl (C=O) groups is 2. The molecule has 1 aliphatic heterocycles. The molecule has 2 aliphatic rings. The molecule has 9 heteroatoms. The van der Waals surface area contributed by atoms with Gasteiger partial charge in [0.25, 0.3) is 5.91 Å². The molecule has 1 saturated carbocycles. The van der Waals surface area contributed by atoms with E-state index in [2.05, 4.69) is 15.2 Å². The van der Waals surface area contributed by atoms with E-state index < -0.39 is 17.8 Å². The lowest BCUT2D eigenvalue weighted by Gasteiger charge is -2.44. The molecule has 2 heterocycles. The van der Waals surface area contributed by atoms with Crippen LogP contribution in [-0.4, -0.2) is 45.4 Å². The Hall–Kier alpha value is -2.32. The second-order valence-electron chi connectivity index (χ2n) is 8.12. The van der Waals surface area contributed by atoms with Crippen LogP contribution >= 0.6 is 23.2 Å². The summed E-state index contributed by atoms with van der Waals surface area (Å²) in [5, 5.41) is 13.0. The van der Waals surface area contributed by atoms with Gasteiger partial charge in [0.2, 0.25) is 5.78 Å². The Morgan fingerprint density at radius 2 is 1.84 bits per heavy atom. The lowest BCUT2D eigenvalue weighted by molar-refractivity contribution is -0.133. The summed E-state index contributed by atoms with van der Waals surface area (Å²) in [5.74, 6) is -2.08. The molecular formula is C23H22Cl2FN3O3. The number of nitrogens with zero attached hydrogens (tertiary/aromatic N) is 2. The topological polar surface area (TPSA) is 82.5 Å². The summed E-state index contributed by atoms with van der Waals surface area (Å²) in [7, 11) is 0. The van der Waals surface area contributed by atoms with Crippen molar-refractivity contribution in [2.75, 3.05) is 11.9 Å². The molecule has 2 aromatic rings. The SMILES string of the molecule is O=C(Nc1c(Cl)cncc1Cl)C(=O)C1=CCN(Cc2ccc(F)cc2)C2CCC(O)CC12. The fourth-order valence-electron chi connectivity index (χ4n) is 4.51. The fraction of sp³-hybridized carbons (Fsp3) is 0.348. The Bertz CT molecular complexity index is 1040. The molecule has 3 unspecified atom stereocenters. The number of fused-ring (bicyclic) bond motifs is 1. The number of aliphatic hydroxyl groups is 1. The number of rotatable bonds is 5. The van der Waals surface area contributed by atoms with Crippen LogP contribution in [0.15, 0.2) is 48.3 Å². The van der Waals surface area contributed by atoms with Gasteiger partial charge in [0.1, 0.15) is 5.82 Å². The summed E-state index contributed by atoms with van der Waals surface area (Å²) >= 11 is 12.1. The molecule has 168 valence electrons. The van der Waals surface area contributed by atoms with E-state index in [1.807, 2.05) is 0 Å². The number of ketones is 1. The van der Waals surface area contributed by atoms with Crippen molar-refractivity contribution in [1.82, 2.24) is 9.88 Å². The molecule has 6 nitrogen and oxygen atoms in total. The van der Waals surface area contributed by atoms with Crippen molar-refractivity contribution < 1.29 is 19.1 Å². The van der Waals surface area contributed by atoms with E-state index >= 15 is 0 Å². The molecule has 1 fully saturated rings. The summed E-state index contributed by atoms with van der Waals surface area (Å²) in [6.07, 6.45) is 5.58. The van der Waals surface area contributed by atoms with E-state index in [1.54, 1.807) is 18.2 Å². The third-order valence-electron chi connectivity index (χ3n) is 6.06. The number of nitrogens with one attached hydrogen (secondary N) is 1. The predicted octanol–water partition coefficient (Wildman–Crippen LogP) is 4.01. The van der Waals surface area contributed by atoms with Gasteiger partial charge in [-0.15, -0.1) is 0 Å². The van der Waals surface area contributed by atoms with Gasteiger partial charge in [-0.25, -0.2) is 4.39 Å². The van der Waals surface area contributed by atoms with Crippen LogP contribution in [0.25, 0.3) is 0 Å². The van der Waals surface area contributed by atoms with Crippen molar-refractivity contribution in [2.24, 2.45) is 5.92 Å². The minimum Gasteiger partial charge on any atom is -0.393 e. The Balaban J connectivity index is 1.55. The van der Waals surface area contributed by atoms with Gasteiger partial charge in [0.05, 0.1) is 21.8 Å². The molecule has 32 heavy (non-hydrogen) atoms. The highest BCUT2D eigenvalue weighted by atomic mass is 35.5. The summed E-state index contributed by atoms with van der Waals surface area (Å²) < 4.78 is 13.3. The second-order valence-corrected chi connectivity index (χ2v) is 8.93. The number of Topliss-reactive ketones (excluding diaryl/α,β-unsaturated/α-hetero) is 1. The zero-order valence-electron chi connectivity index (χ0n) is 17.1. The number of aromatic nitrogens is 1. The molecule has 0 spiro atoms. The first-order valence-corrected chi connectivity index (χ1v) is 11.1. The number of benzene rings is 1. The molecule has 2 N–H and O–H groups in total. The molecule has 0 bridgehead atoms. The Kier molecular flexibility index (Phi) is 6.90. The van der Waals surface area contributed by atoms with Gasteiger partial charge in [-0.3, -0.25) is 19.5 Å². The van der Waals surface area contributed by atoms with Crippen LogP contribution in [0.2, 0.25) is 10.0 Å². The number of hydrogen-bond donors (Lipinski definition) is 2. The van der Waals surface area contributed by atoms with Crippen LogP contribution in [0.1, 0.15) is 24.8 Å². The second kappa shape index (κ2) is 9.67. The van der Waals surface area contributed by atoms with Gasteiger partial charge in [0, 0.05) is 43.0 Å². The first kappa shape index (κ1) is 22.9. The molecule has 1 aromatic heterocycles.